The van der Waals surface area contributed by atoms with Crippen LogP contribution in [0.15, 0.2) is 53.1 Å². The van der Waals surface area contributed by atoms with Crippen LogP contribution in [0, 0.1) is 11.8 Å². The summed E-state index contributed by atoms with van der Waals surface area (Å²) < 4.78 is 5.39. The van der Waals surface area contributed by atoms with Crippen molar-refractivity contribution < 1.29 is 9.52 Å². The Bertz CT molecular complexity index is 668. The molecule has 1 aliphatic carbocycles. The number of aliphatic hydroxyl groups is 1. The molecule has 0 radical (unpaired) electrons. The van der Waals surface area contributed by atoms with Gasteiger partial charge in [-0.3, -0.25) is 4.90 Å². The zero-order valence-electron chi connectivity index (χ0n) is 14.9. The second kappa shape index (κ2) is 6.94. The van der Waals surface area contributed by atoms with Gasteiger partial charge in [0.1, 0.15) is 11.4 Å². The van der Waals surface area contributed by atoms with Crippen LogP contribution < -0.4 is 5.32 Å². The molecule has 1 aromatic carbocycles. The lowest BCUT2D eigenvalue weighted by Crippen LogP contribution is -2.43. The van der Waals surface area contributed by atoms with Crippen molar-refractivity contribution in [3.8, 4) is 0 Å². The van der Waals surface area contributed by atoms with Crippen molar-refractivity contribution in [1.82, 2.24) is 10.2 Å². The average Bonchev–Trinajstić information content (AvgIpc) is 3.32. The molecule has 2 heterocycles. The van der Waals surface area contributed by atoms with Crippen LogP contribution in [0.25, 0.3) is 0 Å². The van der Waals surface area contributed by atoms with Gasteiger partial charge in [0, 0.05) is 32.2 Å². The van der Waals surface area contributed by atoms with Gasteiger partial charge in [0.05, 0.1) is 6.26 Å². The summed E-state index contributed by atoms with van der Waals surface area (Å²) in [6.07, 6.45) is 4.12. The molecular weight excluding hydrogens is 312 g/mol. The summed E-state index contributed by atoms with van der Waals surface area (Å²) in [7, 11) is 0. The van der Waals surface area contributed by atoms with Crippen molar-refractivity contribution in [2.45, 2.75) is 38.0 Å². The Kier molecular flexibility index (Phi) is 4.67. The maximum Gasteiger partial charge on any atom is 0.136 e. The number of hydrogen-bond donors (Lipinski definition) is 2. The molecule has 1 saturated carbocycles. The summed E-state index contributed by atoms with van der Waals surface area (Å²) in [5.41, 5.74) is 0.442. The largest absolute Gasteiger partial charge is 0.466 e. The highest BCUT2D eigenvalue weighted by atomic mass is 16.4. The Hall–Kier alpha value is -1.62. The van der Waals surface area contributed by atoms with Crippen molar-refractivity contribution in [1.29, 1.82) is 0 Å². The minimum Gasteiger partial charge on any atom is -0.466 e. The molecule has 2 N–H and O–H groups in total. The van der Waals surface area contributed by atoms with Gasteiger partial charge in [-0.05, 0) is 49.3 Å². The smallest absolute Gasteiger partial charge is 0.136 e. The first kappa shape index (κ1) is 16.8. The minimum atomic E-state index is -0.954. The van der Waals surface area contributed by atoms with Crippen molar-refractivity contribution in [3.05, 3.63) is 60.1 Å². The number of fused-ring (bicyclic) bond motifs is 1. The molecule has 2 aliphatic rings. The number of rotatable bonds is 6. The molecule has 4 atom stereocenters. The molecule has 1 aromatic heterocycles. The molecule has 1 aliphatic heterocycles. The van der Waals surface area contributed by atoms with Crippen LogP contribution >= 0.6 is 0 Å². The fourth-order valence-corrected chi connectivity index (χ4v) is 4.58. The zero-order chi connectivity index (χ0) is 17.3. The Labute approximate surface area is 149 Å². The molecule has 4 rings (SSSR count). The van der Waals surface area contributed by atoms with Gasteiger partial charge in [0.2, 0.25) is 0 Å². The average molecular weight is 340 g/mol. The predicted octanol–water partition coefficient (Wildman–Crippen LogP) is 2.99. The van der Waals surface area contributed by atoms with Crippen molar-refractivity contribution >= 4 is 0 Å². The van der Waals surface area contributed by atoms with Gasteiger partial charge in [0.15, 0.2) is 0 Å². The lowest BCUT2D eigenvalue weighted by molar-refractivity contribution is 0.0301. The van der Waals surface area contributed by atoms with E-state index in [0.29, 0.717) is 24.3 Å². The van der Waals surface area contributed by atoms with Gasteiger partial charge in [-0.25, -0.2) is 0 Å². The van der Waals surface area contributed by atoms with Crippen LogP contribution in [0.4, 0.5) is 0 Å². The van der Waals surface area contributed by atoms with Gasteiger partial charge in [0.25, 0.3) is 0 Å². The van der Waals surface area contributed by atoms with E-state index in [1.54, 1.807) is 6.26 Å². The third-order valence-corrected chi connectivity index (χ3v) is 5.94. The standard InChI is InChI=1S/C21H28N2O2/c1-21(24,20-8-5-11-25-20)15-22-19-10-9-17-13-23(14-18(17)19)12-16-6-3-2-4-7-16/h2-8,11,17-19,22,24H,9-10,12-15H2,1H3/t17-,18-,19+,21-/m0/s1. The van der Waals surface area contributed by atoms with E-state index in [1.165, 1.54) is 24.9 Å². The number of benzene rings is 1. The quantitative estimate of drug-likeness (QED) is 0.849. The SMILES string of the molecule is C[C@](O)(CN[C@@H]1CC[C@H]2CN(Cc3ccccc3)C[C@@H]21)c1ccco1. The lowest BCUT2D eigenvalue weighted by atomic mass is 9.96. The maximum absolute atomic E-state index is 10.7. The molecular formula is C21H28N2O2. The molecule has 0 amide bonds. The van der Waals surface area contributed by atoms with E-state index < -0.39 is 5.60 Å². The van der Waals surface area contributed by atoms with Crippen LogP contribution in [0.1, 0.15) is 31.1 Å². The first-order valence-corrected chi connectivity index (χ1v) is 9.38. The Morgan fingerprint density at radius 2 is 2.00 bits per heavy atom. The van der Waals surface area contributed by atoms with E-state index in [-0.39, 0.29) is 0 Å². The molecule has 0 unspecified atom stereocenters. The molecule has 25 heavy (non-hydrogen) atoms. The van der Waals surface area contributed by atoms with Crippen LogP contribution in [0.3, 0.4) is 0 Å². The minimum absolute atomic E-state index is 0.493. The monoisotopic (exact) mass is 340 g/mol. The van der Waals surface area contributed by atoms with E-state index in [1.807, 2.05) is 19.1 Å². The summed E-state index contributed by atoms with van der Waals surface area (Å²) in [6.45, 7) is 5.76. The second-order valence-corrected chi connectivity index (χ2v) is 7.92. The van der Waals surface area contributed by atoms with Gasteiger partial charge in [-0.15, -0.1) is 0 Å². The second-order valence-electron chi connectivity index (χ2n) is 7.92. The lowest BCUT2D eigenvalue weighted by Gasteiger charge is -2.27. The summed E-state index contributed by atoms with van der Waals surface area (Å²) >= 11 is 0. The van der Waals surface area contributed by atoms with Crippen LogP contribution in [0.2, 0.25) is 0 Å². The number of likely N-dealkylation sites (tertiary alicyclic amines) is 1. The number of hydrogen-bond acceptors (Lipinski definition) is 4. The highest BCUT2D eigenvalue weighted by molar-refractivity contribution is 5.15. The van der Waals surface area contributed by atoms with Gasteiger partial charge >= 0.3 is 0 Å². The topological polar surface area (TPSA) is 48.6 Å². The van der Waals surface area contributed by atoms with Crippen molar-refractivity contribution in [3.63, 3.8) is 0 Å². The van der Waals surface area contributed by atoms with E-state index in [2.05, 4.69) is 40.5 Å². The highest BCUT2D eigenvalue weighted by Gasteiger charge is 2.43. The normalized spacial score (nSPS) is 28.8. The molecule has 2 fully saturated rings. The third kappa shape index (κ3) is 3.66. The number of nitrogens with one attached hydrogen (secondary N) is 1. The van der Waals surface area contributed by atoms with E-state index in [4.69, 9.17) is 4.42 Å². The van der Waals surface area contributed by atoms with Crippen LogP contribution in [0.5, 0.6) is 0 Å². The maximum atomic E-state index is 10.7. The van der Waals surface area contributed by atoms with Crippen molar-refractivity contribution in [2.75, 3.05) is 19.6 Å². The molecule has 2 aromatic rings. The molecule has 0 spiro atoms. The highest BCUT2D eigenvalue weighted by Crippen LogP contribution is 2.39. The molecule has 1 saturated heterocycles. The number of nitrogens with zero attached hydrogens (tertiary/aromatic N) is 1. The van der Waals surface area contributed by atoms with Gasteiger partial charge < -0.3 is 14.8 Å². The first-order chi connectivity index (χ1) is 12.1. The third-order valence-electron chi connectivity index (χ3n) is 5.94. The summed E-state index contributed by atoms with van der Waals surface area (Å²) in [5, 5.41) is 14.3. The van der Waals surface area contributed by atoms with E-state index >= 15 is 0 Å². The fourth-order valence-electron chi connectivity index (χ4n) is 4.58. The molecule has 4 nitrogen and oxygen atoms in total. The van der Waals surface area contributed by atoms with Gasteiger partial charge in [-0.1, -0.05) is 30.3 Å². The zero-order valence-corrected chi connectivity index (χ0v) is 14.9. The summed E-state index contributed by atoms with van der Waals surface area (Å²) in [5.74, 6) is 2.11. The number of furan rings is 1. The van der Waals surface area contributed by atoms with E-state index in [9.17, 15) is 5.11 Å². The van der Waals surface area contributed by atoms with E-state index in [0.717, 1.165) is 19.0 Å². The Morgan fingerprint density at radius 1 is 1.16 bits per heavy atom. The predicted molar refractivity (Wildman–Crippen MR) is 98.0 cm³/mol. The Balaban J connectivity index is 1.33. The summed E-state index contributed by atoms with van der Waals surface area (Å²) in [4.78, 5) is 2.59. The fraction of sp³-hybridized carbons (Fsp3) is 0.524. The molecule has 0 bridgehead atoms. The van der Waals surface area contributed by atoms with Crippen LogP contribution in [-0.2, 0) is 12.1 Å². The first-order valence-electron chi connectivity index (χ1n) is 9.38. The van der Waals surface area contributed by atoms with Crippen LogP contribution in [-0.4, -0.2) is 35.7 Å². The Morgan fingerprint density at radius 3 is 2.76 bits per heavy atom. The van der Waals surface area contributed by atoms with Gasteiger partial charge in [-0.2, -0.15) is 0 Å². The molecule has 4 heteroatoms. The van der Waals surface area contributed by atoms with Crippen molar-refractivity contribution in [2.24, 2.45) is 11.8 Å². The summed E-state index contributed by atoms with van der Waals surface area (Å²) in [6, 6.07) is 14.9. The molecule has 134 valence electrons.